The van der Waals surface area contributed by atoms with Gasteiger partial charge in [0.25, 0.3) is 0 Å². The van der Waals surface area contributed by atoms with E-state index in [1.165, 1.54) is 96.3 Å². The maximum absolute atomic E-state index is 12.4. The number of unbranched alkanes of at least 4 members (excludes halogenated alkanes) is 23. The number of phosphoric acid groups is 1. The second-order valence-corrected chi connectivity index (χ2v) is 16.8. The molecule has 0 aliphatic rings. The molecule has 0 bridgehead atoms. The molecule has 0 amide bonds. The van der Waals surface area contributed by atoms with Gasteiger partial charge in [-0.2, -0.15) is 0 Å². The van der Waals surface area contributed by atoms with E-state index < -0.39 is 58.4 Å². The fraction of sp³-hybridized carbons (Fsp3) is 0.826. The summed E-state index contributed by atoms with van der Waals surface area (Å²) in [5, 5.41) is 19.2. The van der Waals surface area contributed by atoms with Crippen molar-refractivity contribution < 1.29 is 47.8 Å². The van der Waals surface area contributed by atoms with Crippen molar-refractivity contribution in [2.45, 2.75) is 219 Å². The van der Waals surface area contributed by atoms with Crippen molar-refractivity contribution in [2.75, 3.05) is 26.4 Å². The Morgan fingerprint density at radius 3 is 1.12 bits per heavy atom. The molecule has 0 fully saturated rings. The molecule has 3 N–H and O–H groups in total. The summed E-state index contributed by atoms with van der Waals surface area (Å²) < 4.78 is 32.6. The smallest absolute Gasteiger partial charge is 0.457 e. The number of allylic oxidation sites excluding steroid dienone is 6. The van der Waals surface area contributed by atoms with Crippen LogP contribution in [0.15, 0.2) is 36.5 Å². The van der Waals surface area contributed by atoms with Gasteiger partial charge in [0, 0.05) is 12.8 Å². The van der Waals surface area contributed by atoms with Gasteiger partial charge in [-0.3, -0.25) is 18.6 Å². The Labute approximate surface area is 348 Å². The standard InChI is InChI=1S/C46H85O10P/c1-3-5-7-9-11-13-15-17-19-21-22-24-26-28-30-32-34-36-38-46(50)56-44(40-48)42-54-57(51,52)53-41-43(39-47)55-45(49)37-35-33-31-29-27-25-23-20-18-16-14-12-10-8-6-4-2/h13,15,19-21,23,43-44,47-48H,3-12,14,16-18,22,24-42H2,1-2H3,(H,51,52)/b15-13-,21-19-,23-20-. The average Bonchev–Trinajstić information content (AvgIpc) is 3.20. The largest absolute Gasteiger partial charge is 0.472 e. The Kier molecular flexibility index (Phi) is 41.0. The molecule has 0 heterocycles. The zero-order valence-corrected chi connectivity index (χ0v) is 37.2. The molecule has 0 aliphatic carbocycles. The average molecular weight is 829 g/mol. The van der Waals surface area contributed by atoms with Gasteiger partial charge in [-0.1, -0.05) is 159 Å². The SMILES string of the molecule is CCCCCC/C=C\C/C=C\CCCCCCCCCC(=O)OC(CO)COP(=O)(O)OCC(CO)OC(=O)CCCCCCC/C=C\CCCCCCCCC. The summed E-state index contributed by atoms with van der Waals surface area (Å²) in [6.45, 7) is 2.18. The van der Waals surface area contributed by atoms with Crippen molar-refractivity contribution >= 4 is 19.8 Å². The quantitative estimate of drug-likeness (QED) is 0.0235. The Morgan fingerprint density at radius 2 is 0.772 bits per heavy atom. The maximum Gasteiger partial charge on any atom is 0.472 e. The Bertz CT molecular complexity index is 1050. The highest BCUT2D eigenvalue weighted by Crippen LogP contribution is 2.43. The number of aliphatic hydroxyl groups is 2. The van der Waals surface area contributed by atoms with E-state index in [4.69, 9.17) is 18.5 Å². The molecule has 0 aromatic rings. The van der Waals surface area contributed by atoms with Gasteiger partial charge < -0.3 is 24.6 Å². The second-order valence-electron chi connectivity index (χ2n) is 15.4. The van der Waals surface area contributed by atoms with E-state index in [0.29, 0.717) is 12.8 Å². The van der Waals surface area contributed by atoms with Gasteiger partial charge in [-0.15, -0.1) is 0 Å². The highest BCUT2D eigenvalue weighted by atomic mass is 31.2. The predicted octanol–water partition coefficient (Wildman–Crippen LogP) is 12.3. The number of ether oxygens (including phenoxy) is 2. The molecule has 0 spiro atoms. The molecule has 0 aliphatic heterocycles. The molecule has 57 heavy (non-hydrogen) atoms. The molecule has 0 saturated heterocycles. The number of hydrogen-bond acceptors (Lipinski definition) is 9. The monoisotopic (exact) mass is 829 g/mol. The number of phosphoric ester groups is 1. The van der Waals surface area contributed by atoms with Crippen molar-refractivity contribution in [3.8, 4) is 0 Å². The molecule has 0 aromatic heterocycles. The molecule has 3 atom stereocenters. The van der Waals surface area contributed by atoms with Crippen LogP contribution in [0.25, 0.3) is 0 Å². The van der Waals surface area contributed by atoms with Crippen LogP contribution in [0, 0.1) is 0 Å². The van der Waals surface area contributed by atoms with E-state index in [9.17, 15) is 29.3 Å². The van der Waals surface area contributed by atoms with Crippen LogP contribution in [-0.2, 0) is 32.7 Å². The van der Waals surface area contributed by atoms with E-state index in [2.05, 4.69) is 50.3 Å². The predicted molar refractivity (Wildman–Crippen MR) is 233 cm³/mol. The van der Waals surface area contributed by atoms with Gasteiger partial charge in [0.15, 0.2) is 0 Å². The minimum atomic E-state index is -4.64. The fourth-order valence-electron chi connectivity index (χ4n) is 6.26. The summed E-state index contributed by atoms with van der Waals surface area (Å²) in [7, 11) is -4.64. The summed E-state index contributed by atoms with van der Waals surface area (Å²) in [5.41, 5.74) is 0. The lowest BCUT2D eigenvalue weighted by Gasteiger charge is -2.20. The van der Waals surface area contributed by atoms with Crippen molar-refractivity contribution in [1.82, 2.24) is 0 Å². The van der Waals surface area contributed by atoms with Crippen LogP contribution >= 0.6 is 7.82 Å². The highest BCUT2D eigenvalue weighted by molar-refractivity contribution is 7.47. The first-order chi connectivity index (χ1) is 27.8. The maximum atomic E-state index is 12.4. The minimum Gasteiger partial charge on any atom is -0.457 e. The fourth-order valence-corrected chi connectivity index (χ4v) is 7.04. The van der Waals surface area contributed by atoms with Crippen LogP contribution in [0.2, 0.25) is 0 Å². The summed E-state index contributed by atoms with van der Waals surface area (Å²) in [4.78, 5) is 34.6. The number of carbonyl (C=O) groups excluding carboxylic acids is 2. The number of hydrogen-bond donors (Lipinski definition) is 3. The minimum absolute atomic E-state index is 0.182. The number of aliphatic hydroxyl groups excluding tert-OH is 2. The number of carbonyl (C=O) groups is 2. The van der Waals surface area contributed by atoms with Gasteiger partial charge in [0.05, 0.1) is 26.4 Å². The molecule has 0 aromatic carbocycles. The van der Waals surface area contributed by atoms with Crippen LogP contribution < -0.4 is 0 Å². The Balaban J connectivity index is 3.92. The third-order valence-corrected chi connectivity index (χ3v) is 10.8. The third kappa shape index (κ3) is 40.7. The molecule has 0 saturated carbocycles. The van der Waals surface area contributed by atoms with Crippen LogP contribution in [-0.4, -0.2) is 65.7 Å². The molecule has 0 rings (SSSR count). The van der Waals surface area contributed by atoms with Gasteiger partial charge in [0.2, 0.25) is 0 Å². The van der Waals surface area contributed by atoms with Crippen LogP contribution in [0.1, 0.15) is 206 Å². The van der Waals surface area contributed by atoms with Crippen molar-refractivity contribution in [1.29, 1.82) is 0 Å². The molecule has 10 nitrogen and oxygen atoms in total. The van der Waals surface area contributed by atoms with Crippen LogP contribution in [0.5, 0.6) is 0 Å². The highest BCUT2D eigenvalue weighted by Gasteiger charge is 2.27. The summed E-state index contributed by atoms with van der Waals surface area (Å²) in [6, 6.07) is 0. The van der Waals surface area contributed by atoms with Crippen LogP contribution in [0.4, 0.5) is 0 Å². The first-order valence-electron chi connectivity index (χ1n) is 22.9. The van der Waals surface area contributed by atoms with Gasteiger partial charge in [-0.25, -0.2) is 4.57 Å². The molecular formula is C46H85O10P. The zero-order chi connectivity index (χ0) is 41.9. The van der Waals surface area contributed by atoms with Gasteiger partial charge >= 0.3 is 19.8 Å². The van der Waals surface area contributed by atoms with E-state index >= 15 is 0 Å². The first-order valence-corrected chi connectivity index (χ1v) is 24.4. The topological polar surface area (TPSA) is 149 Å². The lowest BCUT2D eigenvalue weighted by molar-refractivity contribution is -0.153. The van der Waals surface area contributed by atoms with Crippen molar-refractivity contribution in [2.24, 2.45) is 0 Å². The van der Waals surface area contributed by atoms with E-state index in [1.54, 1.807) is 0 Å². The normalized spacial score (nSPS) is 14.1. The molecular weight excluding hydrogens is 743 g/mol. The van der Waals surface area contributed by atoms with E-state index in [-0.39, 0.29) is 12.8 Å². The molecule has 0 radical (unpaired) electrons. The van der Waals surface area contributed by atoms with Crippen molar-refractivity contribution in [3.05, 3.63) is 36.5 Å². The second kappa shape index (κ2) is 42.3. The lowest BCUT2D eigenvalue weighted by atomic mass is 10.1. The van der Waals surface area contributed by atoms with Gasteiger partial charge in [0.1, 0.15) is 12.2 Å². The molecule has 3 unspecified atom stereocenters. The lowest BCUT2D eigenvalue weighted by Crippen LogP contribution is -2.28. The Morgan fingerprint density at radius 1 is 0.474 bits per heavy atom. The Hall–Kier alpha value is -1.81. The molecule has 334 valence electrons. The van der Waals surface area contributed by atoms with E-state index in [1.807, 2.05) is 0 Å². The van der Waals surface area contributed by atoms with Crippen molar-refractivity contribution in [3.63, 3.8) is 0 Å². The van der Waals surface area contributed by atoms with E-state index in [0.717, 1.165) is 70.6 Å². The van der Waals surface area contributed by atoms with Crippen LogP contribution in [0.3, 0.4) is 0 Å². The summed E-state index contributed by atoms with van der Waals surface area (Å²) in [6.07, 6.45) is 43.9. The summed E-state index contributed by atoms with van der Waals surface area (Å²) in [5.74, 6) is -1.03. The summed E-state index contributed by atoms with van der Waals surface area (Å²) >= 11 is 0. The molecule has 11 heteroatoms. The third-order valence-electron chi connectivity index (χ3n) is 9.82. The first kappa shape index (κ1) is 55.2. The number of esters is 2. The zero-order valence-electron chi connectivity index (χ0n) is 36.3. The number of rotatable bonds is 43. The van der Waals surface area contributed by atoms with Gasteiger partial charge in [-0.05, 0) is 70.6 Å².